The first-order valence-electron chi connectivity index (χ1n) is 10.7. The van der Waals surface area contributed by atoms with Crippen molar-refractivity contribution in [1.29, 1.82) is 0 Å². The molecule has 1 aliphatic heterocycles. The SMILES string of the molecule is CCOC(=O)C1=C(CSc2nn(-c3ccccc3)c(=S)s2)NC(=O)N[C@@H]1c1cc(C)ccc1C. The van der Waals surface area contributed by atoms with Crippen molar-refractivity contribution in [3.63, 3.8) is 0 Å². The number of nitrogens with one attached hydrogen (secondary N) is 2. The Hall–Kier alpha value is -2.95. The van der Waals surface area contributed by atoms with Crippen LogP contribution in [0.5, 0.6) is 0 Å². The first-order valence-corrected chi connectivity index (χ1v) is 12.9. The monoisotopic (exact) mass is 512 g/mol. The number of hydrogen-bond acceptors (Lipinski definition) is 7. The van der Waals surface area contributed by atoms with Gasteiger partial charge in [0, 0.05) is 11.4 Å². The summed E-state index contributed by atoms with van der Waals surface area (Å²) in [6.07, 6.45) is 0. The molecule has 0 saturated heterocycles. The number of thioether (sulfide) groups is 1. The molecule has 7 nitrogen and oxygen atoms in total. The third-order valence-electron chi connectivity index (χ3n) is 5.26. The van der Waals surface area contributed by atoms with Gasteiger partial charge in [0.05, 0.1) is 23.9 Å². The van der Waals surface area contributed by atoms with Crippen LogP contribution in [0.15, 0.2) is 64.1 Å². The fraction of sp³-hybridized carbons (Fsp3) is 0.250. The van der Waals surface area contributed by atoms with E-state index in [-0.39, 0.29) is 12.6 Å². The zero-order valence-corrected chi connectivity index (χ0v) is 21.4. The number of para-hydroxylation sites is 1. The van der Waals surface area contributed by atoms with E-state index in [1.165, 1.54) is 23.1 Å². The number of ether oxygens (including phenoxy) is 1. The minimum Gasteiger partial charge on any atom is -0.463 e. The van der Waals surface area contributed by atoms with E-state index in [0.29, 0.717) is 21.0 Å². The summed E-state index contributed by atoms with van der Waals surface area (Å²) in [6.45, 7) is 5.94. The summed E-state index contributed by atoms with van der Waals surface area (Å²) in [4.78, 5) is 25.6. The molecule has 1 aromatic heterocycles. The van der Waals surface area contributed by atoms with Crippen molar-refractivity contribution in [2.75, 3.05) is 12.4 Å². The van der Waals surface area contributed by atoms with Crippen LogP contribution in [0, 0.1) is 17.8 Å². The van der Waals surface area contributed by atoms with E-state index in [0.717, 1.165) is 26.7 Å². The number of rotatable bonds is 7. The zero-order valence-electron chi connectivity index (χ0n) is 19.0. The summed E-state index contributed by atoms with van der Waals surface area (Å²) < 4.78 is 8.44. The van der Waals surface area contributed by atoms with Gasteiger partial charge in [0.15, 0.2) is 8.29 Å². The van der Waals surface area contributed by atoms with Crippen LogP contribution in [0.25, 0.3) is 5.69 Å². The molecule has 34 heavy (non-hydrogen) atoms. The number of benzene rings is 2. The van der Waals surface area contributed by atoms with Gasteiger partial charge in [-0.05, 0) is 56.2 Å². The Bertz CT molecular complexity index is 1310. The number of carbonyl (C=O) groups excluding carboxylic acids is 2. The number of nitrogens with zero attached hydrogens (tertiary/aromatic N) is 2. The summed E-state index contributed by atoms with van der Waals surface area (Å²) in [5.74, 6) is -0.126. The van der Waals surface area contributed by atoms with Gasteiger partial charge in [-0.3, -0.25) is 0 Å². The van der Waals surface area contributed by atoms with Crippen LogP contribution in [0.4, 0.5) is 4.79 Å². The Kier molecular flexibility index (Phi) is 7.50. The number of urea groups is 1. The summed E-state index contributed by atoms with van der Waals surface area (Å²) in [7, 11) is 0. The largest absolute Gasteiger partial charge is 0.463 e. The van der Waals surface area contributed by atoms with Crippen molar-refractivity contribution in [2.24, 2.45) is 0 Å². The lowest BCUT2D eigenvalue weighted by Crippen LogP contribution is -2.46. The first-order chi connectivity index (χ1) is 16.4. The summed E-state index contributed by atoms with van der Waals surface area (Å²) in [5.41, 5.74) is 4.67. The van der Waals surface area contributed by atoms with Gasteiger partial charge < -0.3 is 15.4 Å². The molecule has 0 saturated carbocycles. The smallest absolute Gasteiger partial charge is 0.338 e. The fourth-order valence-corrected chi connectivity index (χ4v) is 6.00. The molecule has 4 rings (SSSR count). The van der Waals surface area contributed by atoms with E-state index in [1.807, 2.05) is 62.4 Å². The molecule has 2 N–H and O–H groups in total. The Labute approximate surface area is 211 Å². The van der Waals surface area contributed by atoms with E-state index >= 15 is 0 Å². The number of aromatic nitrogens is 2. The van der Waals surface area contributed by atoms with E-state index in [4.69, 9.17) is 17.0 Å². The van der Waals surface area contributed by atoms with Crippen molar-refractivity contribution >= 4 is 47.3 Å². The maximum Gasteiger partial charge on any atom is 0.338 e. The number of amides is 2. The van der Waals surface area contributed by atoms with Crippen LogP contribution < -0.4 is 10.6 Å². The second kappa shape index (κ2) is 10.5. The lowest BCUT2D eigenvalue weighted by molar-refractivity contribution is -0.139. The molecule has 0 radical (unpaired) electrons. The highest BCUT2D eigenvalue weighted by Crippen LogP contribution is 2.33. The van der Waals surface area contributed by atoms with Crippen LogP contribution >= 0.6 is 35.3 Å². The molecule has 10 heteroatoms. The maximum absolute atomic E-state index is 13.0. The Morgan fingerprint density at radius 1 is 1.24 bits per heavy atom. The maximum atomic E-state index is 13.0. The quantitative estimate of drug-likeness (QED) is 0.256. The second-order valence-electron chi connectivity index (χ2n) is 7.67. The van der Waals surface area contributed by atoms with Crippen molar-refractivity contribution < 1.29 is 14.3 Å². The molecule has 0 bridgehead atoms. The Morgan fingerprint density at radius 2 is 2.00 bits per heavy atom. The second-order valence-corrected chi connectivity index (χ2v) is 10.5. The minimum absolute atomic E-state index is 0.235. The lowest BCUT2D eigenvalue weighted by atomic mass is 9.91. The van der Waals surface area contributed by atoms with Crippen molar-refractivity contribution in [2.45, 2.75) is 31.2 Å². The predicted octanol–water partition coefficient (Wildman–Crippen LogP) is 5.24. The highest BCUT2D eigenvalue weighted by atomic mass is 32.2. The molecule has 0 fully saturated rings. The Balaban J connectivity index is 1.68. The summed E-state index contributed by atoms with van der Waals surface area (Å²) >= 11 is 8.29. The fourth-order valence-electron chi connectivity index (χ4n) is 3.67. The van der Waals surface area contributed by atoms with Crippen LogP contribution in [0.2, 0.25) is 0 Å². The molecule has 2 heterocycles. The van der Waals surface area contributed by atoms with Gasteiger partial charge in [-0.15, -0.1) is 5.10 Å². The number of aryl methyl sites for hydroxylation is 2. The van der Waals surface area contributed by atoms with Gasteiger partial charge in [0.2, 0.25) is 0 Å². The number of hydrogen-bond donors (Lipinski definition) is 2. The molecular weight excluding hydrogens is 488 g/mol. The van der Waals surface area contributed by atoms with Crippen molar-refractivity contribution in [3.05, 3.63) is 80.4 Å². The van der Waals surface area contributed by atoms with Crippen molar-refractivity contribution in [3.8, 4) is 5.69 Å². The zero-order chi connectivity index (χ0) is 24.2. The van der Waals surface area contributed by atoms with E-state index in [2.05, 4.69) is 15.7 Å². The molecule has 0 spiro atoms. The minimum atomic E-state index is -0.608. The Morgan fingerprint density at radius 3 is 2.74 bits per heavy atom. The van der Waals surface area contributed by atoms with Gasteiger partial charge in [-0.2, -0.15) is 0 Å². The van der Waals surface area contributed by atoms with Crippen LogP contribution in [0.1, 0.15) is 29.7 Å². The lowest BCUT2D eigenvalue weighted by Gasteiger charge is -2.30. The first kappa shape index (κ1) is 24.2. The molecule has 0 unspecified atom stereocenters. The topological polar surface area (TPSA) is 85.2 Å². The molecule has 2 aromatic carbocycles. The van der Waals surface area contributed by atoms with Crippen LogP contribution in [-0.4, -0.2) is 34.1 Å². The summed E-state index contributed by atoms with van der Waals surface area (Å²) in [5, 5.41) is 10.3. The number of carbonyl (C=O) groups is 2. The standard InChI is InChI=1S/C24H24N4O3S3/c1-4-31-21(29)19-18(25-22(30)26-20(19)17-12-14(2)10-11-15(17)3)13-33-23-27-28(24(32)34-23)16-8-6-5-7-9-16/h5-12,20H,4,13H2,1-3H3,(H2,25,26,30)/t20-/m1/s1. The third kappa shape index (κ3) is 5.24. The molecular formula is C24H24N4O3S3. The molecule has 176 valence electrons. The average Bonchev–Trinajstić information content (AvgIpc) is 3.20. The highest BCUT2D eigenvalue weighted by molar-refractivity contribution is 8.01. The van der Waals surface area contributed by atoms with E-state index in [1.54, 1.807) is 11.6 Å². The van der Waals surface area contributed by atoms with E-state index in [9.17, 15) is 9.59 Å². The third-order valence-corrected chi connectivity index (χ3v) is 7.66. The van der Waals surface area contributed by atoms with Gasteiger partial charge >= 0.3 is 12.0 Å². The molecule has 2 amide bonds. The predicted molar refractivity (Wildman–Crippen MR) is 137 cm³/mol. The normalized spacial score (nSPS) is 15.6. The average molecular weight is 513 g/mol. The van der Waals surface area contributed by atoms with Gasteiger partial charge in [-0.1, -0.05) is 65.1 Å². The molecule has 1 aliphatic rings. The molecule has 3 aromatic rings. The van der Waals surface area contributed by atoms with Gasteiger partial charge in [-0.25, -0.2) is 14.3 Å². The van der Waals surface area contributed by atoms with E-state index < -0.39 is 12.0 Å². The number of esters is 1. The van der Waals surface area contributed by atoms with Crippen LogP contribution in [-0.2, 0) is 9.53 Å². The van der Waals surface area contributed by atoms with Crippen molar-refractivity contribution in [1.82, 2.24) is 20.4 Å². The van der Waals surface area contributed by atoms with Crippen LogP contribution in [0.3, 0.4) is 0 Å². The van der Waals surface area contributed by atoms with Gasteiger partial charge in [0.25, 0.3) is 0 Å². The summed E-state index contributed by atoms with van der Waals surface area (Å²) in [6, 6.07) is 14.7. The van der Waals surface area contributed by atoms with Gasteiger partial charge in [0.1, 0.15) is 0 Å². The highest BCUT2D eigenvalue weighted by Gasteiger charge is 2.34. The molecule has 1 atom stereocenters. The molecule has 0 aliphatic carbocycles.